The summed E-state index contributed by atoms with van der Waals surface area (Å²) in [5.41, 5.74) is 6.57. The number of anilines is 1. The number of pyridine rings is 1. The molecule has 0 atom stereocenters. The number of carbonyl (C=O) groups excluding carboxylic acids is 2. The van der Waals surface area contributed by atoms with Crippen molar-refractivity contribution in [1.82, 2.24) is 14.8 Å². The fourth-order valence-corrected chi connectivity index (χ4v) is 3.18. The number of nitrogens with one attached hydrogen (secondary N) is 1. The van der Waals surface area contributed by atoms with Gasteiger partial charge < -0.3 is 11.1 Å². The number of rotatable bonds is 4. The molecular weight excluding hydrogens is 448 g/mol. The monoisotopic (exact) mass is 458 g/mol. The third-order valence-corrected chi connectivity index (χ3v) is 4.50. The Kier molecular flexibility index (Phi) is 5.44. The minimum absolute atomic E-state index is 0.0332. The molecule has 2 heterocycles. The maximum atomic E-state index is 12.9. The molecule has 0 bridgehead atoms. The molecule has 1 aromatic carbocycles. The minimum Gasteiger partial charge on any atom is -0.366 e. The van der Waals surface area contributed by atoms with Crippen LogP contribution in [0.3, 0.4) is 0 Å². The van der Waals surface area contributed by atoms with E-state index in [-0.39, 0.29) is 28.3 Å². The molecule has 0 fully saturated rings. The molecule has 0 aliphatic heterocycles. The number of aromatic nitrogens is 3. The second-order valence-corrected chi connectivity index (χ2v) is 6.94. The zero-order valence-electron chi connectivity index (χ0n) is 14.4. The lowest BCUT2D eigenvalue weighted by atomic mass is 10.0. The molecule has 28 heavy (non-hydrogen) atoms. The van der Waals surface area contributed by atoms with Gasteiger partial charge in [0.25, 0.3) is 11.8 Å². The number of hydrogen-bond acceptors (Lipinski definition) is 5. The van der Waals surface area contributed by atoms with Gasteiger partial charge in [-0.1, -0.05) is 11.6 Å². The molecule has 0 spiro atoms. The highest BCUT2D eigenvalue weighted by Crippen LogP contribution is 2.25. The van der Waals surface area contributed by atoms with Gasteiger partial charge in [0, 0.05) is 12.3 Å². The highest BCUT2D eigenvalue weighted by Gasteiger charge is 2.21. The first-order chi connectivity index (χ1) is 13.3. The van der Waals surface area contributed by atoms with Gasteiger partial charge in [-0.2, -0.15) is 10.4 Å². The van der Waals surface area contributed by atoms with Crippen LogP contribution in [0.1, 0.15) is 32.0 Å². The number of hydrogen-bond donors (Lipinski definition) is 2. The molecule has 140 valence electrons. The van der Waals surface area contributed by atoms with Crippen LogP contribution in [-0.2, 0) is 0 Å². The zero-order valence-corrected chi connectivity index (χ0v) is 16.7. The standard InChI is InChI=1S/C18H12BrClN6O2/c1-9-5-10(8-21)6-11(16(22)27)15(9)24-18(28)13-7-14(19)25-26(13)17-12(20)3-2-4-23-17/h2-7H,1H3,(H2,22,27)(H,24,28). The van der Waals surface area contributed by atoms with Crippen molar-refractivity contribution in [2.45, 2.75) is 6.92 Å². The lowest BCUT2D eigenvalue weighted by molar-refractivity contribution is 0.100. The molecule has 3 N–H and O–H groups in total. The molecule has 0 aliphatic rings. The molecule has 0 saturated carbocycles. The van der Waals surface area contributed by atoms with E-state index in [2.05, 4.69) is 31.3 Å². The molecule has 0 aliphatic carbocycles. The quantitative estimate of drug-likeness (QED) is 0.619. The molecule has 3 aromatic rings. The van der Waals surface area contributed by atoms with Crippen LogP contribution in [0.25, 0.3) is 5.82 Å². The van der Waals surface area contributed by atoms with Gasteiger partial charge in [0.2, 0.25) is 0 Å². The maximum Gasteiger partial charge on any atom is 0.274 e. The minimum atomic E-state index is -0.766. The largest absolute Gasteiger partial charge is 0.366 e. The number of amides is 2. The second-order valence-electron chi connectivity index (χ2n) is 5.72. The van der Waals surface area contributed by atoms with E-state index >= 15 is 0 Å². The van der Waals surface area contributed by atoms with Gasteiger partial charge in [-0.15, -0.1) is 0 Å². The number of carbonyl (C=O) groups is 2. The highest BCUT2D eigenvalue weighted by atomic mass is 79.9. The number of nitriles is 1. The molecule has 0 saturated heterocycles. The Bertz CT molecular complexity index is 1150. The van der Waals surface area contributed by atoms with E-state index in [0.717, 1.165) is 0 Å². The second kappa shape index (κ2) is 7.80. The number of halogens is 2. The molecule has 0 radical (unpaired) electrons. The topological polar surface area (TPSA) is 127 Å². The lowest BCUT2D eigenvalue weighted by Crippen LogP contribution is -2.22. The van der Waals surface area contributed by atoms with Gasteiger partial charge in [-0.05, 0) is 52.7 Å². The summed E-state index contributed by atoms with van der Waals surface area (Å²) in [5, 5.41) is 16.3. The van der Waals surface area contributed by atoms with Crippen LogP contribution < -0.4 is 11.1 Å². The molecule has 2 amide bonds. The van der Waals surface area contributed by atoms with Gasteiger partial charge in [0.1, 0.15) is 10.3 Å². The molecule has 3 rings (SSSR count). The average Bonchev–Trinajstić information content (AvgIpc) is 3.04. The van der Waals surface area contributed by atoms with Crippen molar-refractivity contribution in [2.75, 3.05) is 5.32 Å². The van der Waals surface area contributed by atoms with E-state index in [1.54, 1.807) is 25.1 Å². The van der Waals surface area contributed by atoms with E-state index in [0.29, 0.717) is 15.2 Å². The van der Waals surface area contributed by atoms with Gasteiger partial charge in [-0.3, -0.25) is 9.59 Å². The van der Waals surface area contributed by atoms with Crippen LogP contribution in [0.2, 0.25) is 5.02 Å². The van der Waals surface area contributed by atoms with Gasteiger partial charge in [0.15, 0.2) is 5.82 Å². The highest BCUT2D eigenvalue weighted by molar-refractivity contribution is 9.10. The maximum absolute atomic E-state index is 12.9. The van der Waals surface area contributed by atoms with Crippen molar-refractivity contribution in [3.05, 3.63) is 68.5 Å². The Hall–Kier alpha value is -3.22. The normalized spacial score (nSPS) is 10.4. The van der Waals surface area contributed by atoms with E-state index in [4.69, 9.17) is 22.6 Å². The SMILES string of the molecule is Cc1cc(C#N)cc(C(N)=O)c1NC(=O)c1cc(Br)nn1-c1ncccc1Cl. The summed E-state index contributed by atoms with van der Waals surface area (Å²) in [7, 11) is 0. The van der Waals surface area contributed by atoms with Crippen molar-refractivity contribution in [2.24, 2.45) is 5.73 Å². The smallest absolute Gasteiger partial charge is 0.274 e. The Morgan fingerprint density at radius 2 is 2.11 bits per heavy atom. The number of primary amides is 1. The Morgan fingerprint density at radius 1 is 1.36 bits per heavy atom. The summed E-state index contributed by atoms with van der Waals surface area (Å²) in [5.74, 6) is -1.06. The van der Waals surface area contributed by atoms with Crippen molar-refractivity contribution < 1.29 is 9.59 Å². The van der Waals surface area contributed by atoms with Crippen molar-refractivity contribution >= 4 is 45.0 Å². The molecule has 2 aromatic heterocycles. The van der Waals surface area contributed by atoms with E-state index in [9.17, 15) is 9.59 Å². The Morgan fingerprint density at radius 3 is 2.75 bits per heavy atom. The van der Waals surface area contributed by atoms with Gasteiger partial charge in [-0.25, -0.2) is 9.67 Å². The van der Waals surface area contributed by atoms with E-state index < -0.39 is 11.8 Å². The van der Waals surface area contributed by atoms with Crippen molar-refractivity contribution in [3.63, 3.8) is 0 Å². The molecular formula is C18H12BrClN6O2. The summed E-state index contributed by atoms with van der Waals surface area (Å²) < 4.78 is 1.68. The van der Waals surface area contributed by atoms with Crippen LogP contribution in [0.15, 0.2) is 41.1 Å². The first-order valence-corrected chi connectivity index (χ1v) is 9.01. The average molecular weight is 460 g/mol. The molecule has 0 unspecified atom stereocenters. The third-order valence-electron chi connectivity index (χ3n) is 3.82. The first kappa shape index (κ1) is 19.5. The van der Waals surface area contributed by atoms with Gasteiger partial charge in [0.05, 0.1) is 27.9 Å². The fourth-order valence-electron chi connectivity index (χ4n) is 2.60. The molecule has 10 heteroatoms. The van der Waals surface area contributed by atoms with E-state index in [1.165, 1.54) is 23.0 Å². The number of aryl methyl sites for hydroxylation is 1. The summed E-state index contributed by atoms with van der Waals surface area (Å²) in [6.07, 6.45) is 1.52. The van der Waals surface area contributed by atoms with Crippen LogP contribution in [0.4, 0.5) is 5.69 Å². The summed E-state index contributed by atoms with van der Waals surface area (Å²) in [6.45, 7) is 1.66. The first-order valence-electron chi connectivity index (χ1n) is 7.84. The third kappa shape index (κ3) is 3.74. The summed E-state index contributed by atoms with van der Waals surface area (Å²) >= 11 is 9.40. The number of nitrogens with zero attached hydrogens (tertiary/aromatic N) is 4. The van der Waals surface area contributed by atoms with Crippen LogP contribution in [-0.4, -0.2) is 26.6 Å². The van der Waals surface area contributed by atoms with Crippen LogP contribution >= 0.6 is 27.5 Å². The lowest BCUT2D eigenvalue weighted by Gasteiger charge is -2.13. The van der Waals surface area contributed by atoms with Crippen LogP contribution in [0.5, 0.6) is 0 Å². The fraction of sp³-hybridized carbons (Fsp3) is 0.0556. The Balaban J connectivity index is 2.06. The summed E-state index contributed by atoms with van der Waals surface area (Å²) in [4.78, 5) is 28.9. The zero-order chi connectivity index (χ0) is 20.4. The predicted molar refractivity (Wildman–Crippen MR) is 106 cm³/mol. The van der Waals surface area contributed by atoms with Crippen molar-refractivity contribution in [1.29, 1.82) is 5.26 Å². The molecule has 8 nitrogen and oxygen atoms in total. The van der Waals surface area contributed by atoms with Crippen LogP contribution in [0, 0.1) is 18.3 Å². The predicted octanol–water partition coefficient (Wildman–Crippen LogP) is 3.21. The summed E-state index contributed by atoms with van der Waals surface area (Å²) in [6, 6.07) is 9.59. The Labute approximate surface area is 173 Å². The number of benzene rings is 1. The van der Waals surface area contributed by atoms with E-state index in [1.807, 2.05) is 6.07 Å². The van der Waals surface area contributed by atoms with Crippen molar-refractivity contribution in [3.8, 4) is 11.9 Å². The number of nitrogens with two attached hydrogens (primary N) is 1. The van der Waals surface area contributed by atoms with Gasteiger partial charge >= 0.3 is 0 Å².